The first-order valence-corrected chi connectivity index (χ1v) is 12.4. The van der Waals surface area contributed by atoms with Gasteiger partial charge in [0.25, 0.3) is 5.91 Å². The second-order valence-corrected chi connectivity index (χ2v) is 9.92. The monoisotopic (exact) mass is 506 g/mol. The molecule has 0 saturated heterocycles. The average Bonchev–Trinajstić information content (AvgIpc) is 3.54. The van der Waals surface area contributed by atoms with Gasteiger partial charge < -0.3 is 29.6 Å². The number of nitrogens with one attached hydrogen (secondary N) is 1. The zero-order chi connectivity index (χ0) is 25.8. The zero-order valence-electron chi connectivity index (χ0n) is 20.3. The van der Waals surface area contributed by atoms with Crippen molar-refractivity contribution in [3.63, 3.8) is 0 Å². The summed E-state index contributed by atoms with van der Waals surface area (Å²) in [5.74, 6) is 1.17. The van der Waals surface area contributed by atoms with Gasteiger partial charge in [0.2, 0.25) is 0 Å². The fourth-order valence-electron chi connectivity index (χ4n) is 5.25. The van der Waals surface area contributed by atoms with Crippen LogP contribution in [0.4, 0.5) is 9.18 Å². The number of carboxylic acid groups (broad SMARTS) is 1. The largest absolute Gasteiger partial charge is 0.506 e. The van der Waals surface area contributed by atoms with Gasteiger partial charge in [0.1, 0.15) is 17.9 Å². The van der Waals surface area contributed by atoms with Gasteiger partial charge in [0.05, 0.1) is 28.5 Å². The van der Waals surface area contributed by atoms with Crippen molar-refractivity contribution < 1.29 is 24.2 Å². The van der Waals surface area contributed by atoms with Crippen LogP contribution in [0.1, 0.15) is 28.9 Å². The Morgan fingerprint density at radius 1 is 1.27 bits per heavy atom. The molecular formula is C26H27FN6O4. The lowest BCUT2D eigenvalue weighted by atomic mass is 10.0. The van der Waals surface area contributed by atoms with Gasteiger partial charge in [-0.1, -0.05) is 12.1 Å². The van der Waals surface area contributed by atoms with Crippen molar-refractivity contribution in [1.82, 2.24) is 29.3 Å². The molecule has 2 amide bonds. The highest BCUT2D eigenvalue weighted by atomic mass is 19.1. The van der Waals surface area contributed by atoms with Crippen LogP contribution in [0.5, 0.6) is 5.75 Å². The third-order valence-electron chi connectivity index (χ3n) is 7.28. The van der Waals surface area contributed by atoms with Crippen LogP contribution in [0.3, 0.4) is 0 Å². The Kier molecular flexibility index (Phi) is 5.50. The fourth-order valence-corrected chi connectivity index (χ4v) is 5.25. The van der Waals surface area contributed by atoms with Gasteiger partial charge in [-0.15, -0.1) is 0 Å². The maximum absolute atomic E-state index is 13.3. The molecule has 3 aromatic heterocycles. The molecule has 6 rings (SSSR count). The fraction of sp³-hybridized carbons (Fsp3) is 0.385. The number of rotatable bonds is 7. The minimum Gasteiger partial charge on any atom is -0.506 e. The molecule has 1 fully saturated rings. The Bertz CT molecular complexity index is 1560. The Labute approximate surface area is 211 Å². The maximum Gasteiger partial charge on any atom is 0.405 e. The lowest BCUT2D eigenvalue weighted by molar-refractivity contribution is 0.0712. The van der Waals surface area contributed by atoms with E-state index in [4.69, 9.17) is 15.1 Å². The predicted molar refractivity (Wildman–Crippen MR) is 134 cm³/mol. The summed E-state index contributed by atoms with van der Waals surface area (Å²) >= 11 is 0. The van der Waals surface area contributed by atoms with E-state index >= 15 is 0 Å². The van der Waals surface area contributed by atoms with Gasteiger partial charge in [0, 0.05) is 38.5 Å². The minimum absolute atomic E-state index is 0.0582. The van der Waals surface area contributed by atoms with E-state index < -0.39 is 18.8 Å². The van der Waals surface area contributed by atoms with E-state index in [-0.39, 0.29) is 18.2 Å². The molecule has 1 saturated carbocycles. The van der Waals surface area contributed by atoms with Gasteiger partial charge >= 0.3 is 6.09 Å². The Morgan fingerprint density at radius 2 is 2.08 bits per heavy atom. The molecule has 11 heteroatoms. The van der Waals surface area contributed by atoms with Gasteiger partial charge in [-0.25, -0.2) is 19.2 Å². The number of fused-ring (bicyclic) bond motifs is 3. The van der Waals surface area contributed by atoms with E-state index in [1.54, 1.807) is 12.1 Å². The number of halogens is 1. The van der Waals surface area contributed by atoms with Crippen LogP contribution in [-0.2, 0) is 20.0 Å². The van der Waals surface area contributed by atoms with E-state index in [9.17, 15) is 19.1 Å². The maximum atomic E-state index is 13.3. The average molecular weight is 507 g/mol. The molecule has 192 valence electrons. The van der Waals surface area contributed by atoms with Crippen LogP contribution in [0, 0.1) is 5.92 Å². The van der Waals surface area contributed by atoms with Crippen LogP contribution < -0.4 is 5.32 Å². The summed E-state index contributed by atoms with van der Waals surface area (Å²) in [5.41, 5.74) is 3.91. The molecule has 0 radical (unpaired) electrons. The van der Waals surface area contributed by atoms with E-state index in [1.807, 2.05) is 29.8 Å². The zero-order valence-corrected chi connectivity index (χ0v) is 20.3. The van der Waals surface area contributed by atoms with Crippen LogP contribution in [-0.4, -0.2) is 72.0 Å². The molecular weight excluding hydrogens is 479 g/mol. The Balaban J connectivity index is 1.40. The lowest BCUT2D eigenvalue weighted by Crippen LogP contribution is -2.48. The van der Waals surface area contributed by atoms with Gasteiger partial charge in [0.15, 0.2) is 11.5 Å². The topological polar surface area (TPSA) is 126 Å². The first-order valence-electron chi connectivity index (χ1n) is 12.4. The summed E-state index contributed by atoms with van der Waals surface area (Å²) < 4.78 is 17.4. The van der Waals surface area contributed by atoms with Crippen molar-refractivity contribution in [2.75, 3.05) is 19.8 Å². The SMILES string of the molecule is Cn1c(-c2cc3cccc(O)c3n2CC2CC2)nc2cc3c(nc21)CCN(CC(CF)NC(=O)O)C3=O. The van der Waals surface area contributed by atoms with Crippen LogP contribution in [0.2, 0.25) is 0 Å². The highest BCUT2D eigenvalue weighted by Crippen LogP contribution is 2.38. The summed E-state index contributed by atoms with van der Waals surface area (Å²) in [7, 11) is 1.89. The molecule has 0 spiro atoms. The molecule has 2 aliphatic rings. The molecule has 1 atom stereocenters. The second kappa shape index (κ2) is 8.75. The van der Waals surface area contributed by atoms with Crippen molar-refractivity contribution >= 4 is 34.1 Å². The number of aromatic hydroxyl groups is 1. The number of amides is 2. The molecule has 4 aromatic rings. The predicted octanol–water partition coefficient (Wildman–Crippen LogP) is 3.31. The summed E-state index contributed by atoms with van der Waals surface area (Å²) in [6.45, 7) is 0.143. The van der Waals surface area contributed by atoms with Gasteiger partial charge in [-0.05, 0) is 37.0 Å². The highest BCUT2D eigenvalue weighted by molar-refractivity contribution is 5.99. The number of phenols is 1. The Hall–Kier alpha value is -4.15. The van der Waals surface area contributed by atoms with Crippen molar-refractivity contribution in [3.8, 4) is 17.3 Å². The number of benzene rings is 1. The van der Waals surface area contributed by atoms with Crippen molar-refractivity contribution in [2.24, 2.45) is 13.0 Å². The number of aryl methyl sites for hydroxylation is 1. The van der Waals surface area contributed by atoms with Crippen molar-refractivity contribution in [2.45, 2.75) is 31.8 Å². The standard InChI is InChI=1S/C26H27FN6O4/c1-31-23-19(10-17-18(29-23)7-8-32(25(17)35)13-16(11-27)28-26(36)37)30-24(31)20-9-15-3-2-4-21(34)22(15)33(20)12-14-5-6-14/h2-4,9-10,14,16,28,34H,5-8,11-13H2,1H3,(H,36,37). The van der Waals surface area contributed by atoms with Crippen LogP contribution >= 0.6 is 0 Å². The number of aromatic nitrogens is 4. The van der Waals surface area contributed by atoms with Crippen LogP contribution in [0.25, 0.3) is 33.6 Å². The molecule has 10 nitrogen and oxygen atoms in total. The number of hydrogen-bond donors (Lipinski definition) is 3. The van der Waals surface area contributed by atoms with E-state index in [0.29, 0.717) is 47.1 Å². The quantitative estimate of drug-likeness (QED) is 0.353. The summed E-state index contributed by atoms with van der Waals surface area (Å²) in [6, 6.07) is 8.24. The smallest absolute Gasteiger partial charge is 0.405 e. The number of para-hydroxylation sites is 1. The number of pyridine rings is 1. The number of imidazole rings is 1. The molecule has 3 N–H and O–H groups in total. The molecule has 0 bridgehead atoms. The van der Waals surface area contributed by atoms with Crippen molar-refractivity contribution in [3.05, 3.63) is 41.6 Å². The van der Waals surface area contributed by atoms with E-state index in [1.165, 1.54) is 4.90 Å². The second-order valence-electron chi connectivity index (χ2n) is 9.92. The van der Waals surface area contributed by atoms with Crippen LogP contribution in [0.15, 0.2) is 30.3 Å². The third kappa shape index (κ3) is 4.04. The van der Waals surface area contributed by atoms with E-state index in [0.717, 1.165) is 36.0 Å². The number of phenolic OH excluding ortho intramolecular Hbond substituents is 1. The normalized spacial score (nSPS) is 16.4. The van der Waals surface area contributed by atoms with Gasteiger partial charge in [-0.3, -0.25) is 4.79 Å². The molecule has 4 heterocycles. The summed E-state index contributed by atoms with van der Waals surface area (Å²) in [4.78, 5) is 35.2. The lowest BCUT2D eigenvalue weighted by Gasteiger charge is -2.30. The summed E-state index contributed by atoms with van der Waals surface area (Å²) in [6.07, 6.45) is 1.46. The molecule has 1 aliphatic carbocycles. The number of carbonyl (C=O) groups is 2. The number of carbonyl (C=O) groups excluding carboxylic acids is 1. The molecule has 1 unspecified atom stereocenters. The number of hydrogen-bond acceptors (Lipinski definition) is 5. The highest BCUT2D eigenvalue weighted by Gasteiger charge is 2.30. The molecule has 1 aromatic carbocycles. The van der Waals surface area contributed by atoms with E-state index in [2.05, 4.69) is 9.88 Å². The Morgan fingerprint density at radius 3 is 2.81 bits per heavy atom. The summed E-state index contributed by atoms with van der Waals surface area (Å²) in [5, 5.41) is 22.6. The van der Waals surface area contributed by atoms with Crippen molar-refractivity contribution in [1.29, 1.82) is 0 Å². The third-order valence-corrected chi connectivity index (χ3v) is 7.28. The number of alkyl halides is 1. The molecule has 37 heavy (non-hydrogen) atoms. The first kappa shape index (κ1) is 23.3. The number of nitrogens with zero attached hydrogens (tertiary/aromatic N) is 5. The van der Waals surface area contributed by atoms with Gasteiger partial charge in [-0.2, -0.15) is 0 Å². The minimum atomic E-state index is -1.33. The first-order chi connectivity index (χ1) is 17.8. The molecule has 1 aliphatic heterocycles.